The standard InChI is InChI=1S/C24H28N2O7S/c1-16-11-22(18(3)26(16)17(2)14-31-4)23(27)15-33-24(28)19-7-5-9-21(12-19)34(29,30)25-13-20-8-6-10-32-20/h5-12,17,25H,13-15H2,1-4H3. The molecule has 9 nitrogen and oxygen atoms in total. The average molecular weight is 489 g/mol. The maximum Gasteiger partial charge on any atom is 0.338 e. The van der Waals surface area contributed by atoms with Crippen molar-refractivity contribution in [1.82, 2.24) is 9.29 Å². The molecular weight excluding hydrogens is 460 g/mol. The van der Waals surface area contributed by atoms with Crippen molar-refractivity contribution < 1.29 is 31.9 Å². The number of nitrogens with zero attached hydrogens (tertiary/aromatic N) is 1. The van der Waals surface area contributed by atoms with Gasteiger partial charge in [-0.05, 0) is 57.2 Å². The first-order valence-corrected chi connectivity index (χ1v) is 12.1. The highest BCUT2D eigenvalue weighted by Gasteiger charge is 2.21. The van der Waals surface area contributed by atoms with E-state index in [1.165, 1.54) is 30.5 Å². The Labute approximate surface area is 198 Å². The number of ether oxygens (including phenoxy) is 2. The van der Waals surface area contributed by atoms with Gasteiger partial charge in [-0.2, -0.15) is 0 Å². The van der Waals surface area contributed by atoms with Gasteiger partial charge in [0.1, 0.15) is 5.76 Å². The van der Waals surface area contributed by atoms with Crippen molar-refractivity contribution in [2.75, 3.05) is 20.3 Å². The smallest absolute Gasteiger partial charge is 0.338 e. The van der Waals surface area contributed by atoms with Gasteiger partial charge in [0.05, 0.1) is 35.9 Å². The van der Waals surface area contributed by atoms with E-state index in [0.29, 0.717) is 17.9 Å². The average Bonchev–Trinajstić information content (AvgIpc) is 3.43. The van der Waals surface area contributed by atoms with Crippen molar-refractivity contribution in [2.45, 2.75) is 38.3 Å². The molecule has 0 bridgehead atoms. The summed E-state index contributed by atoms with van der Waals surface area (Å²) in [6.07, 6.45) is 1.44. The Hall–Kier alpha value is -3.21. The van der Waals surface area contributed by atoms with E-state index >= 15 is 0 Å². The van der Waals surface area contributed by atoms with Crippen LogP contribution in [0.1, 0.15) is 50.8 Å². The second kappa shape index (κ2) is 10.8. The van der Waals surface area contributed by atoms with Crippen LogP contribution in [0.4, 0.5) is 0 Å². The van der Waals surface area contributed by atoms with Crippen LogP contribution in [-0.4, -0.2) is 45.1 Å². The zero-order chi connectivity index (χ0) is 24.9. The molecule has 182 valence electrons. The number of Topliss-reactive ketones (excluding diaryl/α,β-unsaturated/α-hetero) is 1. The molecule has 1 aromatic carbocycles. The summed E-state index contributed by atoms with van der Waals surface area (Å²) in [6.45, 7) is 5.72. The fourth-order valence-corrected chi connectivity index (χ4v) is 4.84. The van der Waals surface area contributed by atoms with Gasteiger partial charge in [-0.1, -0.05) is 6.07 Å². The lowest BCUT2D eigenvalue weighted by atomic mass is 10.1. The van der Waals surface area contributed by atoms with Gasteiger partial charge < -0.3 is 18.5 Å². The molecular formula is C24H28N2O7S. The molecule has 0 saturated heterocycles. The first kappa shape index (κ1) is 25.4. The summed E-state index contributed by atoms with van der Waals surface area (Å²) in [5.41, 5.74) is 2.15. The molecule has 0 saturated carbocycles. The highest BCUT2D eigenvalue weighted by Crippen LogP contribution is 2.21. The van der Waals surface area contributed by atoms with E-state index in [4.69, 9.17) is 13.9 Å². The molecule has 34 heavy (non-hydrogen) atoms. The number of sulfonamides is 1. The van der Waals surface area contributed by atoms with E-state index in [1.54, 1.807) is 25.3 Å². The number of aromatic nitrogens is 1. The molecule has 2 aromatic heterocycles. The van der Waals surface area contributed by atoms with Crippen LogP contribution in [0.15, 0.2) is 58.0 Å². The van der Waals surface area contributed by atoms with Crippen molar-refractivity contribution in [3.8, 4) is 0 Å². The molecule has 0 aliphatic heterocycles. The minimum atomic E-state index is -3.88. The van der Waals surface area contributed by atoms with Gasteiger partial charge >= 0.3 is 5.97 Å². The third kappa shape index (κ3) is 5.82. The van der Waals surface area contributed by atoms with E-state index in [2.05, 4.69) is 4.72 Å². The van der Waals surface area contributed by atoms with E-state index in [-0.39, 0.29) is 28.8 Å². The largest absolute Gasteiger partial charge is 0.468 e. The van der Waals surface area contributed by atoms with E-state index in [9.17, 15) is 18.0 Å². The molecule has 0 aliphatic carbocycles. The second-order valence-electron chi connectivity index (χ2n) is 7.89. The Balaban J connectivity index is 1.66. The number of carbonyl (C=O) groups excluding carboxylic acids is 2. The van der Waals surface area contributed by atoms with Gasteiger partial charge in [0.15, 0.2) is 6.61 Å². The molecule has 0 aliphatic rings. The molecule has 2 heterocycles. The number of benzene rings is 1. The van der Waals surface area contributed by atoms with Crippen molar-refractivity contribution in [2.24, 2.45) is 0 Å². The summed E-state index contributed by atoms with van der Waals surface area (Å²) in [5.74, 6) is -0.687. The zero-order valence-corrected chi connectivity index (χ0v) is 20.3. The Morgan fingerprint density at radius 3 is 2.59 bits per heavy atom. The predicted octanol–water partition coefficient (Wildman–Crippen LogP) is 3.42. The lowest BCUT2D eigenvalue weighted by Crippen LogP contribution is -2.23. The highest BCUT2D eigenvalue weighted by atomic mass is 32.2. The summed E-state index contributed by atoms with van der Waals surface area (Å²) >= 11 is 0. The zero-order valence-electron chi connectivity index (χ0n) is 19.5. The summed E-state index contributed by atoms with van der Waals surface area (Å²) < 4.78 is 45.0. The third-order valence-electron chi connectivity index (χ3n) is 5.36. The SMILES string of the molecule is COCC(C)n1c(C)cc(C(=O)COC(=O)c2cccc(S(=O)(=O)NCc3ccco3)c2)c1C. The van der Waals surface area contributed by atoms with Crippen molar-refractivity contribution in [1.29, 1.82) is 0 Å². The topological polar surface area (TPSA) is 117 Å². The van der Waals surface area contributed by atoms with Gasteiger partial charge in [0.25, 0.3) is 0 Å². The van der Waals surface area contributed by atoms with Gasteiger partial charge in [0, 0.05) is 24.1 Å². The Kier molecular flexibility index (Phi) is 8.08. The quantitative estimate of drug-likeness (QED) is 0.325. The van der Waals surface area contributed by atoms with Crippen LogP contribution < -0.4 is 4.72 Å². The van der Waals surface area contributed by atoms with Crippen LogP contribution in [-0.2, 0) is 26.0 Å². The molecule has 1 N–H and O–H groups in total. The predicted molar refractivity (Wildman–Crippen MR) is 124 cm³/mol. The van der Waals surface area contributed by atoms with E-state index in [0.717, 1.165) is 11.4 Å². The first-order chi connectivity index (χ1) is 16.1. The number of rotatable bonds is 11. The maximum absolute atomic E-state index is 12.7. The molecule has 0 fully saturated rings. The highest BCUT2D eigenvalue weighted by molar-refractivity contribution is 7.89. The van der Waals surface area contributed by atoms with E-state index < -0.39 is 22.6 Å². The maximum atomic E-state index is 12.7. The number of carbonyl (C=O) groups is 2. The van der Waals surface area contributed by atoms with Crippen LogP contribution >= 0.6 is 0 Å². The Morgan fingerprint density at radius 1 is 1.15 bits per heavy atom. The van der Waals surface area contributed by atoms with Crippen LogP contribution in [0, 0.1) is 13.8 Å². The van der Waals surface area contributed by atoms with Crippen LogP contribution in [0.25, 0.3) is 0 Å². The minimum Gasteiger partial charge on any atom is -0.468 e. The summed E-state index contributed by atoms with van der Waals surface area (Å²) in [7, 11) is -2.27. The summed E-state index contributed by atoms with van der Waals surface area (Å²) in [5, 5.41) is 0. The summed E-state index contributed by atoms with van der Waals surface area (Å²) in [6, 6.07) is 10.5. The number of aryl methyl sites for hydroxylation is 1. The molecule has 0 amide bonds. The van der Waals surface area contributed by atoms with Crippen LogP contribution in [0.5, 0.6) is 0 Å². The molecule has 3 rings (SSSR count). The fourth-order valence-electron chi connectivity index (χ4n) is 3.80. The fraction of sp³-hybridized carbons (Fsp3) is 0.333. The van der Waals surface area contributed by atoms with Gasteiger partial charge in [-0.25, -0.2) is 17.9 Å². The number of esters is 1. The Bertz CT molecular complexity index is 1260. The minimum absolute atomic E-state index is 0.0212. The van der Waals surface area contributed by atoms with Gasteiger partial charge in [-0.15, -0.1) is 0 Å². The number of hydrogen-bond donors (Lipinski definition) is 1. The van der Waals surface area contributed by atoms with Crippen molar-refractivity contribution in [3.63, 3.8) is 0 Å². The van der Waals surface area contributed by atoms with Gasteiger partial charge in [0.2, 0.25) is 15.8 Å². The summed E-state index contributed by atoms with van der Waals surface area (Å²) in [4.78, 5) is 25.2. The Morgan fingerprint density at radius 2 is 1.91 bits per heavy atom. The van der Waals surface area contributed by atoms with Crippen molar-refractivity contribution in [3.05, 3.63) is 77.0 Å². The number of hydrogen-bond acceptors (Lipinski definition) is 7. The number of methoxy groups -OCH3 is 1. The number of nitrogens with one attached hydrogen (secondary N) is 1. The van der Waals surface area contributed by atoms with Crippen molar-refractivity contribution >= 4 is 21.8 Å². The first-order valence-electron chi connectivity index (χ1n) is 10.6. The van der Waals surface area contributed by atoms with Gasteiger partial charge in [-0.3, -0.25) is 4.79 Å². The molecule has 1 unspecified atom stereocenters. The lowest BCUT2D eigenvalue weighted by molar-refractivity contribution is 0.0474. The number of ketones is 1. The van der Waals surface area contributed by atoms with Crippen LogP contribution in [0.3, 0.4) is 0 Å². The molecule has 0 spiro atoms. The van der Waals surface area contributed by atoms with E-state index in [1.807, 2.05) is 25.3 Å². The molecule has 3 aromatic rings. The lowest BCUT2D eigenvalue weighted by Gasteiger charge is -2.17. The molecule has 10 heteroatoms. The van der Waals surface area contributed by atoms with Crippen LogP contribution in [0.2, 0.25) is 0 Å². The second-order valence-corrected chi connectivity index (χ2v) is 9.66. The number of furan rings is 1. The monoisotopic (exact) mass is 488 g/mol. The molecule has 1 atom stereocenters. The normalized spacial score (nSPS) is 12.5. The molecule has 0 radical (unpaired) electrons. The third-order valence-corrected chi connectivity index (χ3v) is 6.76.